The molecule has 1 fully saturated rings. The first-order valence-corrected chi connectivity index (χ1v) is 12.7. The molecule has 1 aliphatic rings. The number of rotatable bonds is 6. The van der Waals surface area contributed by atoms with Crippen molar-refractivity contribution in [1.82, 2.24) is 14.3 Å². The van der Waals surface area contributed by atoms with E-state index in [0.29, 0.717) is 43.6 Å². The molecular formula is C23H22N4O3S2. The summed E-state index contributed by atoms with van der Waals surface area (Å²) in [5.74, 6) is 1.43. The van der Waals surface area contributed by atoms with Crippen LogP contribution in [0, 0.1) is 0 Å². The Morgan fingerprint density at radius 1 is 1.00 bits per heavy atom. The minimum absolute atomic E-state index is 0.301. The summed E-state index contributed by atoms with van der Waals surface area (Å²) in [7, 11) is -3.49. The fraction of sp³-hybridized carbons (Fsp3) is 0.217. The molecule has 0 amide bonds. The van der Waals surface area contributed by atoms with E-state index in [-0.39, 0.29) is 0 Å². The van der Waals surface area contributed by atoms with Crippen LogP contribution in [-0.4, -0.2) is 49.0 Å². The Morgan fingerprint density at radius 2 is 1.78 bits per heavy atom. The van der Waals surface area contributed by atoms with Crippen LogP contribution in [-0.2, 0) is 21.3 Å². The number of ether oxygens (including phenoxy) is 1. The van der Waals surface area contributed by atoms with E-state index in [4.69, 9.17) is 14.7 Å². The van der Waals surface area contributed by atoms with Crippen LogP contribution in [0.4, 0.5) is 5.82 Å². The van der Waals surface area contributed by atoms with Gasteiger partial charge < -0.3 is 10.1 Å². The molecule has 32 heavy (non-hydrogen) atoms. The highest BCUT2D eigenvalue weighted by Gasteiger charge is 2.26. The largest absolute Gasteiger partial charge is 0.379 e. The Bertz CT molecular complexity index is 1320. The number of sulfonamides is 1. The summed E-state index contributed by atoms with van der Waals surface area (Å²) in [6.45, 7) is 2.16. The second-order valence-electron chi connectivity index (χ2n) is 7.44. The summed E-state index contributed by atoms with van der Waals surface area (Å²) in [6, 6.07) is 16.9. The molecule has 0 aliphatic carbocycles. The third-order valence-electron chi connectivity index (χ3n) is 5.37. The van der Waals surface area contributed by atoms with Gasteiger partial charge in [-0.1, -0.05) is 24.3 Å². The summed E-state index contributed by atoms with van der Waals surface area (Å²) in [6.07, 6.45) is 0. The van der Waals surface area contributed by atoms with Gasteiger partial charge in [-0.3, -0.25) is 0 Å². The Labute approximate surface area is 190 Å². The molecule has 1 N–H and O–H groups in total. The molecular weight excluding hydrogens is 444 g/mol. The third-order valence-corrected chi connectivity index (χ3v) is 7.97. The van der Waals surface area contributed by atoms with Crippen molar-refractivity contribution in [2.45, 2.75) is 11.4 Å². The number of hydrogen-bond acceptors (Lipinski definition) is 7. The number of morpholine rings is 1. The van der Waals surface area contributed by atoms with E-state index in [1.807, 2.05) is 53.2 Å². The average Bonchev–Trinajstić information content (AvgIpc) is 3.38. The van der Waals surface area contributed by atoms with Gasteiger partial charge in [0.15, 0.2) is 5.82 Å². The molecule has 164 valence electrons. The molecule has 0 unspecified atom stereocenters. The van der Waals surface area contributed by atoms with E-state index >= 15 is 0 Å². The maximum Gasteiger partial charge on any atom is 0.243 e. The first kappa shape index (κ1) is 21.0. The molecule has 3 heterocycles. The number of aromatic nitrogens is 2. The fourth-order valence-corrected chi connectivity index (χ4v) is 5.68. The molecule has 0 saturated carbocycles. The molecule has 1 aliphatic heterocycles. The standard InChI is InChI=1S/C23H22N4O3S2/c28-32(29,27-10-12-30-13-11-27)19-7-5-17(6-8-19)15-24-23-20-3-1-2-4-21(20)25-22(26-23)18-9-14-31-16-18/h1-9,14,16H,10-13,15H2,(H,24,25,26). The topological polar surface area (TPSA) is 84.4 Å². The highest BCUT2D eigenvalue weighted by Crippen LogP contribution is 2.26. The van der Waals surface area contributed by atoms with Gasteiger partial charge in [0, 0.05) is 36.0 Å². The molecule has 2 aromatic heterocycles. The van der Waals surface area contributed by atoms with Crippen molar-refractivity contribution in [2.75, 3.05) is 31.6 Å². The molecule has 9 heteroatoms. The lowest BCUT2D eigenvalue weighted by molar-refractivity contribution is 0.0730. The van der Waals surface area contributed by atoms with Crippen LogP contribution in [0.5, 0.6) is 0 Å². The Balaban J connectivity index is 1.37. The van der Waals surface area contributed by atoms with Crippen LogP contribution < -0.4 is 5.32 Å². The van der Waals surface area contributed by atoms with Crippen LogP contribution in [0.25, 0.3) is 22.3 Å². The van der Waals surface area contributed by atoms with Gasteiger partial charge in [-0.25, -0.2) is 18.4 Å². The van der Waals surface area contributed by atoms with Gasteiger partial charge in [-0.2, -0.15) is 15.6 Å². The Hall–Kier alpha value is -2.85. The summed E-state index contributed by atoms with van der Waals surface area (Å²) >= 11 is 1.61. The lowest BCUT2D eigenvalue weighted by Gasteiger charge is -2.26. The molecule has 0 atom stereocenters. The zero-order valence-corrected chi connectivity index (χ0v) is 18.9. The summed E-state index contributed by atoms with van der Waals surface area (Å²) in [5.41, 5.74) is 2.82. The highest BCUT2D eigenvalue weighted by atomic mass is 32.2. The van der Waals surface area contributed by atoms with Crippen molar-refractivity contribution in [1.29, 1.82) is 0 Å². The number of thiophene rings is 1. The lowest BCUT2D eigenvalue weighted by Crippen LogP contribution is -2.40. The summed E-state index contributed by atoms with van der Waals surface area (Å²) < 4.78 is 32.4. The number of nitrogens with zero attached hydrogens (tertiary/aromatic N) is 3. The molecule has 1 saturated heterocycles. The van der Waals surface area contributed by atoms with E-state index in [1.54, 1.807) is 23.5 Å². The van der Waals surface area contributed by atoms with E-state index in [1.165, 1.54) is 4.31 Å². The lowest BCUT2D eigenvalue weighted by atomic mass is 10.2. The zero-order chi connectivity index (χ0) is 22.0. The molecule has 0 bridgehead atoms. The van der Waals surface area contributed by atoms with Crippen LogP contribution in [0.2, 0.25) is 0 Å². The first-order chi connectivity index (χ1) is 15.6. The van der Waals surface area contributed by atoms with Crippen LogP contribution in [0.1, 0.15) is 5.56 Å². The van der Waals surface area contributed by atoms with Gasteiger partial charge >= 0.3 is 0 Å². The SMILES string of the molecule is O=S(=O)(c1ccc(CNc2nc(-c3ccsc3)nc3ccccc23)cc1)N1CCOCC1. The number of para-hydroxylation sites is 1. The number of nitrogens with one attached hydrogen (secondary N) is 1. The third kappa shape index (κ3) is 4.24. The minimum atomic E-state index is -3.49. The van der Waals surface area contributed by atoms with E-state index in [2.05, 4.69) is 5.32 Å². The summed E-state index contributed by atoms with van der Waals surface area (Å²) in [5, 5.41) is 8.38. The van der Waals surface area contributed by atoms with Gasteiger partial charge in [0.2, 0.25) is 10.0 Å². The number of anilines is 1. The number of hydrogen-bond donors (Lipinski definition) is 1. The molecule has 7 nitrogen and oxygen atoms in total. The molecule has 4 aromatic rings. The molecule has 2 aromatic carbocycles. The van der Waals surface area contributed by atoms with Crippen molar-refractivity contribution in [3.63, 3.8) is 0 Å². The fourth-order valence-electron chi connectivity index (χ4n) is 3.63. The maximum atomic E-state index is 12.8. The van der Waals surface area contributed by atoms with E-state index in [0.717, 1.165) is 27.8 Å². The highest BCUT2D eigenvalue weighted by molar-refractivity contribution is 7.89. The van der Waals surface area contributed by atoms with Crippen molar-refractivity contribution in [3.8, 4) is 11.4 Å². The predicted octanol–water partition coefficient (Wildman–Crippen LogP) is 3.99. The van der Waals surface area contributed by atoms with Gasteiger partial charge in [0.05, 0.1) is 23.6 Å². The molecule has 0 spiro atoms. The maximum absolute atomic E-state index is 12.8. The smallest absolute Gasteiger partial charge is 0.243 e. The van der Waals surface area contributed by atoms with E-state index < -0.39 is 10.0 Å². The van der Waals surface area contributed by atoms with Crippen molar-refractivity contribution in [2.24, 2.45) is 0 Å². The monoisotopic (exact) mass is 466 g/mol. The van der Waals surface area contributed by atoms with Crippen molar-refractivity contribution < 1.29 is 13.2 Å². The second-order valence-corrected chi connectivity index (χ2v) is 10.2. The quantitative estimate of drug-likeness (QED) is 0.463. The van der Waals surface area contributed by atoms with E-state index in [9.17, 15) is 8.42 Å². The zero-order valence-electron chi connectivity index (χ0n) is 17.3. The molecule has 5 rings (SSSR count). The van der Waals surface area contributed by atoms with Crippen molar-refractivity contribution in [3.05, 3.63) is 70.9 Å². The number of fused-ring (bicyclic) bond motifs is 1. The predicted molar refractivity (Wildman–Crippen MR) is 126 cm³/mol. The number of benzene rings is 2. The van der Waals surface area contributed by atoms with Gasteiger partial charge in [-0.15, -0.1) is 0 Å². The van der Waals surface area contributed by atoms with Gasteiger partial charge in [0.25, 0.3) is 0 Å². The normalized spacial score (nSPS) is 15.1. The van der Waals surface area contributed by atoms with Crippen molar-refractivity contribution >= 4 is 38.1 Å². The summed E-state index contributed by atoms with van der Waals surface area (Å²) in [4.78, 5) is 9.74. The second kappa shape index (κ2) is 8.95. The minimum Gasteiger partial charge on any atom is -0.379 e. The first-order valence-electron chi connectivity index (χ1n) is 10.3. The van der Waals surface area contributed by atoms with Crippen LogP contribution >= 0.6 is 11.3 Å². The molecule has 0 radical (unpaired) electrons. The van der Waals surface area contributed by atoms with Gasteiger partial charge in [-0.05, 0) is 41.3 Å². The Kier molecular flexibility index (Phi) is 5.88. The Morgan fingerprint density at radius 3 is 2.53 bits per heavy atom. The van der Waals surface area contributed by atoms with Crippen LogP contribution in [0.3, 0.4) is 0 Å². The van der Waals surface area contributed by atoms with Gasteiger partial charge in [0.1, 0.15) is 5.82 Å². The average molecular weight is 467 g/mol. The van der Waals surface area contributed by atoms with Crippen LogP contribution in [0.15, 0.2) is 70.3 Å².